The van der Waals surface area contributed by atoms with Crippen molar-refractivity contribution in [1.29, 1.82) is 5.26 Å². The summed E-state index contributed by atoms with van der Waals surface area (Å²) in [7, 11) is 0. The van der Waals surface area contributed by atoms with E-state index >= 15 is 0 Å². The van der Waals surface area contributed by atoms with Crippen molar-refractivity contribution in [2.45, 2.75) is 39.8 Å². The maximum atomic E-state index is 8.75. The maximum Gasteiger partial charge on any atom is 0.158 e. The van der Waals surface area contributed by atoms with Crippen molar-refractivity contribution in [3.63, 3.8) is 0 Å². The van der Waals surface area contributed by atoms with Gasteiger partial charge >= 0.3 is 0 Å². The molecule has 110 valence electrons. The Labute approximate surface area is 119 Å². The van der Waals surface area contributed by atoms with Crippen molar-refractivity contribution in [3.05, 3.63) is 11.9 Å². The van der Waals surface area contributed by atoms with Crippen molar-refractivity contribution in [2.75, 3.05) is 23.5 Å². The van der Waals surface area contributed by atoms with E-state index in [1.54, 1.807) is 6.07 Å². The van der Waals surface area contributed by atoms with Crippen LogP contribution in [0.3, 0.4) is 0 Å². The monoisotopic (exact) mass is 278 g/mol. The molecular formula is C13H22N6O. The molecule has 1 aromatic rings. The summed E-state index contributed by atoms with van der Waals surface area (Å²) in [6.07, 6.45) is 0.439. The average Bonchev–Trinajstić information content (AvgIpc) is 2.45. The second-order valence-electron chi connectivity index (χ2n) is 4.50. The molecule has 1 rings (SSSR count). The number of nitriles is 1. The molecular weight excluding hydrogens is 256 g/mol. The summed E-state index contributed by atoms with van der Waals surface area (Å²) in [6, 6.07) is 4.15. The molecule has 0 bridgehead atoms. The molecule has 3 N–H and O–H groups in total. The predicted octanol–water partition coefficient (Wildman–Crippen LogP) is 1.43. The van der Waals surface area contributed by atoms with Crippen LogP contribution in [-0.4, -0.2) is 29.2 Å². The SMILES string of the molecule is CCOCc1nc(NN)cc(N(CCC#N)C(C)C)n1. The summed E-state index contributed by atoms with van der Waals surface area (Å²) in [5, 5.41) is 8.75. The Bertz CT molecular complexity index is 457. The van der Waals surface area contributed by atoms with Crippen LogP contribution >= 0.6 is 0 Å². The molecule has 0 fully saturated rings. The van der Waals surface area contributed by atoms with Gasteiger partial charge in [-0.15, -0.1) is 0 Å². The van der Waals surface area contributed by atoms with Gasteiger partial charge in [0.15, 0.2) is 5.82 Å². The molecule has 0 aliphatic carbocycles. The van der Waals surface area contributed by atoms with Crippen molar-refractivity contribution in [3.8, 4) is 6.07 Å². The molecule has 0 spiro atoms. The Morgan fingerprint density at radius 3 is 2.80 bits per heavy atom. The van der Waals surface area contributed by atoms with Crippen molar-refractivity contribution >= 4 is 11.6 Å². The van der Waals surface area contributed by atoms with Gasteiger partial charge in [0, 0.05) is 25.3 Å². The minimum Gasteiger partial charge on any atom is -0.374 e. The normalized spacial score (nSPS) is 10.4. The molecule has 1 heterocycles. The van der Waals surface area contributed by atoms with E-state index in [0.717, 1.165) is 5.82 Å². The molecule has 0 atom stereocenters. The predicted molar refractivity (Wildman–Crippen MR) is 77.9 cm³/mol. The second-order valence-corrected chi connectivity index (χ2v) is 4.50. The van der Waals surface area contributed by atoms with Crippen LogP contribution in [0.2, 0.25) is 0 Å². The Morgan fingerprint density at radius 2 is 2.25 bits per heavy atom. The highest BCUT2D eigenvalue weighted by Gasteiger charge is 2.14. The minimum absolute atomic E-state index is 0.226. The number of aromatic nitrogens is 2. The highest BCUT2D eigenvalue weighted by molar-refractivity contribution is 5.49. The van der Waals surface area contributed by atoms with Crippen LogP contribution in [0.4, 0.5) is 11.6 Å². The summed E-state index contributed by atoms with van der Waals surface area (Å²) >= 11 is 0. The van der Waals surface area contributed by atoms with Crippen LogP contribution in [0.25, 0.3) is 0 Å². The Kier molecular flexibility index (Phi) is 6.70. The van der Waals surface area contributed by atoms with Crippen LogP contribution in [0.15, 0.2) is 6.07 Å². The quantitative estimate of drug-likeness (QED) is 0.548. The molecule has 0 saturated carbocycles. The van der Waals surface area contributed by atoms with E-state index in [0.29, 0.717) is 37.8 Å². The molecule has 20 heavy (non-hydrogen) atoms. The molecule has 7 nitrogen and oxygen atoms in total. The molecule has 0 saturated heterocycles. The number of hydrogen-bond donors (Lipinski definition) is 2. The Hall–Kier alpha value is -1.91. The number of nitrogens with two attached hydrogens (primary N) is 1. The fraction of sp³-hybridized carbons (Fsp3) is 0.615. The van der Waals surface area contributed by atoms with Gasteiger partial charge in [0.1, 0.15) is 18.2 Å². The summed E-state index contributed by atoms with van der Waals surface area (Å²) in [6.45, 7) is 7.57. The van der Waals surface area contributed by atoms with Gasteiger partial charge < -0.3 is 15.1 Å². The highest BCUT2D eigenvalue weighted by Crippen LogP contribution is 2.18. The first kappa shape index (κ1) is 16.1. The number of rotatable bonds is 8. The van der Waals surface area contributed by atoms with Crippen LogP contribution in [0.5, 0.6) is 0 Å². The third kappa shape index (κ3) is 4.64. The molecule has 0 aromatic carbocycles. The molecule has 0 aliphatic heterocycles. The minimum atomic E-state index is 0.226. The third-order valence-electron chi connectivity index (χ3n) is 2.72. The molecule has 0 amide bonds. The topological polar surface area (TPSA) is 100 Å². The molecule has 1 aromatic heterocycles. The van der Waals surface area contributed by atoms with Gasteiger partial charge in [-0.1, -0.05) is 0 Å². The Balaban J connectivity index is 3.03. The molecule has 7 heteroatoms. The molecule has 0 unspecified atom stereocenters. The van der Waals surface area contributed by atoms with E-state index in [9.17, 15) is 0 Å². The van der Waals surface area contributed by atoms with Crippen molar-refractivity contribution < 1.29 is 4.74 Å². The van der Waals surface area contributed by atoms with Gasteiger partial charge in [0.05, 0.1) is 12.5 Å². The largest absolute Gasteiger partial charge is 0.374 e. The fourth-order valence-corrected chi connectivity index (χ4v) is 1.77. The number of nitrogens with one attached hydrogen (secondary N) is 1. The molecule has 0 aliphatic rings. The number of hydrogen-bond acceptors (Lipinski definition) is 7. The molecule has 0 radical (unpaired) electrons. The first-order valence-corrected chi connectivity index (χ1v) is 6.68. The summed E-state index contributed by atoms with van der Waals surface area (Å²) in [5.74, 6) is 7.29. The van der Waals surface area contributed by atoms with E-state index in [-0.39, 0.29) is 6.04 Å². The third-order valence-corrected chi connectivity index (χ3v) is 2.72. The zero-order valence-corrected chi connectivity index (χ0v) is 12.3. The lowest BCUT2D eigenvalue weighted by molar-refractivity contribution is 0.128. The zero-order valence-electron chi connectivity index (χ0n) is 12.3. The number of nitrogens with zero attached hydrogens (tertiary/aromatic N) is 4. The van der Waals surface area contributed by atoms with Crippen LogP contribution < -0.4 is 16.2 Å². The summed E-state index contributed by atoms with van der Waals surface area (Å²) < 4.78 is 5.33. The first-order chi connectivity index (χ1) is 9.62. The highest BCUT2D eigenvalue weighted by atomic mass is 16.5. The second kappa shape index (κ2) is 8.30. The maximum absolute atomic E-state index is 8.75. The van der Waals surface area contributed by atoms with E-state index in [2.05, 4.69) is 35.3 Å². The van der Waals surface area contributed by atoms with Gasteiger partial charge in [-0.25, -0.2) is 15.8 Å². The van der Waals surface area contributed by atoms with Crippen molar-refractivity contribution in [2.24, 2.45) is 5.84 Å². The first-order valence-electron chi connectivity index (χ1n) is 6.68. The van der Waals surface area contributed by atoms with E-state index < -0.39 is 0 Å². The number of nitrogen functional groups attached to an aromatic ring is 1. The smallest absolute Gasteiger partial charge is 0.158 e. The number of hydrazine groups is 1. The van der Waals surface area contributed by atoms with Gasteiger partial charge in [0.25, 0.3) is 0 Å². The zero-order chi connectivity index (χ0) is 15.0. The fourth-order valence-electron chi connectivity index (χ4n) is 1.77. The van der Waals surface area contributed by atoms with E-state index in [4.69, 9.17) is 15.8 Å². The number of ether oxygens (including phenoxy) is 1. The van der Waals surface area contributed by atoms with Gasteiger partial charge in [-0.05, 0) is 20.8 Å². The van der Waals surface area contributed by atoms with Gasteiger partial charge in [-0.3, -0.25) is 0 Å². The van der Waals surface area contributed by atoms with Gasteiger partial charge in [0.2, 0.25) is 0 Å². The van der Waals surface area contributed by atoms with Crippen LogP contribution in [0, 0.1) is 11.3 Å². The van der Waals surface area contributed by atoms with Crippen molar-refractivity contribution in [1.82, 2.24) is 9.97 Å². The lowest BCUT2D eigenvalue weighted by Crippen LogP contribution is -2.33. The standard InChI is InChI=1S/C13H22N6O/c1-4-20-9-12-16-11(18-15)8-13(17-12)19(10(2)3)7-5-6-14/h8,10H,4-5,7,9,15H2,1-3H3,(H,16,17,18). The number of anilines is 2. The average molecular weight is 278 g/mol. The van der Waals surface area contributed by atoms with E-state index in [1.807, 2.05) is 11.8 Å². The van der Waals surface area contributed by atoms with Crippen LogP contribution in [-0.2, 0) is 11.3 Å². The summed E-state index contributed by atoms with van der Waals surface area (Å²) in [5.41, 5.74) is 2.54. The lowest BCUT2D eigenvalue weighted by atomic mass is 10.3. The lowest BCUT2D eigenvalue weighted by Gasteiger charge is -2.27. The summed E-state index contributed by atoms with van der Waals surface area (Å²) in [4.78, 5) is 10.8. The van der Waals surface area contributed by atoms with E-state index in [1.165, 1.54) is 0 Å². The van der Waals surface area contributed by atoms with Crippen LogP contribution in [0.1, 0.15) is 33.0 Å². The van der Waals surface area contributed by atoms with Gasteiger partial charge in [-0.2, -0.15) is 5.26 Å². The Morgan fingerprint density at radius 1 is 1.50 bits per heavy atom.